The number of hydrogen-bond donors (Lipinski definition) is 1. The van der Waals surface area contributed by atoms with Crippen LogP contribution in [0.15, 0.2) is 59.5 Å². The first-order chi connectivity index (χ1) is 20.7. The van der Waals surface area contributed by atoms with E-state index < -0.39 is 28.6 Å². The summed E-state index contributed by atoms with van der Waals surface area (Å²) in [4.78, 5) is 31.2. The van der Waals surface area contributed by atoms with Crippen LogP contribution < -0.4 is 15.2 Å². The fourth-order valence-corrected chi connectivity index (χ4v) is 6.38. The third-order valence-corrected chi connectivity index (χ3v) is 8.61. The van der Waals surface area contributed by atoms with E-state index in [4.69, 9.17) is 16.9 Å². The van der Waals surface area contributed by atoms with E-state index in [1.807, 2.05) is 12.1 Å². The number of aromatic nitrogens is 1. The van der Waals surface area contributed by atoms with Crippen molar-refractivity contribution in [3.63, 3.8) is 0 Å². The molecular formula is C32H28ClF2N5O3. The van der Waals surface area contributed by atoms with E-state index in [0.717, 1.165) is 43.9 Å². The Bertz CT molecular complexity index is 1820. The molecule has 0 saturated carbocycles. The van der Waals surface area contributed by atoms with Gasteiger partial charge in [-0.05, 0) is 68.4 Å². The van der Waals surface area contributed by atoms with Crippen molar-refractivity contribution in [3.05, 3.63) is 98.3 Å². The summed E-state index contributed by atoms with van der Waals surface area (Å²) in [5.74, 6) is -2.69. The molecule has 4 aromatic rings. The topological polar surface area (TPSA) is 92.8 Å². The van der Waals surface area contributed by atoms with Gasteiger partial charge in [-0.1, -0.05) is 17.7 Å². The van der Waals surface area contributed by atoms with Crippen LogP contribution in [0.25, 0.3) is 16.6 Å². The van der Waals surface area contributed by atoms with Crippen molar-refractivity contribution in [2.75, 3.05) is 49.1 Å². The number of hydrogen-bond acceptors (Lipinski definition) is 6. The Morgan fingerprint density at radius 3 is 2.19 bits per heavy atom. The minimum Gasteiger partial charge on any atom is -0.477 e. The number of piperazine rings is 1. The SMILES string of the molecule is N#Cc1ccc(N2CCN(c3c(F)cc4c(=O)c(C(=O)O)cn(-c5ccc(CN6CCCC6)c(F)c5)c4c3Cl)CC2)cc1. The van der Waals surface area contributed by atoms with Crippen molar-refractivity contribution in [1.82, 2.24) is 9.47 Å². The summed E-state index contributed by atoms with van der Waals surface area (Å²) in [6.07, 6.45) is 3.27. The zero-order valence-electron chi connectivity index (χ0n) is 23.2. The second kappa shape index (κ2) is 11.7. The number of fused-ring (bicyclic) bond motifs is 1. The fraction of sp³-hybridized carbons (Fsp3) is 0.281. The molecule has 1 aromatic heterocycles. The average Bonchev–Trinajstić information content (AvgIpc) is 3.52. The smallest absolute Gasteiger partial charge is 0.341 e. The minimum absolute atomic E-state index is 0.0580. The Labute approximate surface area is 251 Å². The molecule has 1 N–H and O–H groups in total. The van der Waals surface area contributed by atoms with Crippen LogP contribution >= 0.6 is 11.6 Å². The van der Waals surface area contributed by atoms with Crippen molar-refractivity contribution in [2.45, 2.75) is 19.4 Å². The van der Waals surface area contributed by atoms with E-state index in [2.05, 4.69) is 15.9 Å². The molecule has 2 fully saturated rings. The van der Waals surface area contributed by atoms with Gasteiger partial charge >= 0.3 is 5.97 Å². The second-order valence-corrected chi connectivity index (χ2v) is 11.2. The number of likely N-dealkylation sites (tertiary alicyclic amines) is 1. The number of nitrogens with zero attached hydrogens (tertiary/aromatic N) is 5. The first-order valence-electron chi connectivity index (χ1n) is 14.1. The summed E-state index contributed by atoms with van der Waals surface area (Å²) in [7, 11) is 0. The standard InChI is InChI=1S/C32H28ClF2N5O3/c33-28-29-24(16-27(35)30(28)39-13-11-38(12-14-39)22-6-3-20(17-36)4-7-22)31(41)25(32(42)43)19-40(29)23-8-5-21(26(34)15-23)18-37-9-1-2-10-37/h3-8,15-16,19H,1-2,9-14,18H2,(H,42,43). The number of pyridine rings is 1. The van der Waals surface area contributed by atoms with Crippen LogP contribution in [0.3, 0.4) is 0 Å². The van der Waals surface area contributed by atoms with Crippen LogP contribution in [-0.4, -0.2) is 59.8 Å². The molecule has 8 nitrogen and oxygen atoms in total. The Hall–Kier alpha value is -4.46. The maximum atomic E-state index is 15.7. The Balaban J connectivity index is 1.39. The number of carboxylic acid groups (broad SMARTS) is 1. The first kappa shape index (κ1) is 28.6. The summed E-state index contributed by atoms with van der Waals surface area (Å²) in [5.41, 5.74) is 1.02. The third kappa shape index (κ3) is 5.42. The molecule has 2 aliphatic heterocycles. The molecule has 6 rings (SSSR count). The van der Waals surface area contributed by atoms with E-state index in [-0.39, 0.29) is 27.3 Å². The van der Waals surface area contributed by atoms with Crippen LogP contribution in [0.5, 0.6) is 0 Å². The predicted molar refractivity (Wildman–Crippen MR) is 162 cm³/mol. The number of carbonyl (C=O) groups is 1. The molecule has 0 aliphatic carbocycles. The maximum Gasteiger partial charge on any atom is 0.341 e. The second-order valence-electron chi connectivity index (χ2n) is 10.9. The predicted octanol–water partition coefficient (Wildman–Crippen LogP) is 5.41. The molecule has 220 valence electrons. The Morgan fingerprint density at radius 1 is 0.907 bits per heavy atom. The molecule has 0 bridgehead atoms. The van der Waals surface area contributed by atoms with Gasteiger partial charge in [-0.15, -0.1) is 0 Å². The molecule has 0 spiro atoms. The zero-order chi connectivity index (χ0) is 30.2. The normalized spacial score (nSPS) is 15.7. The van der Waals surface area contributed by atoms with Gasteiger partial charge in [0.05, 0.1) is 33.2 Å². The van der Waals surface area contributed by atoms with Crippen LogP contribution in [0.4, 0.5) is 20.2 Å². The molecule has 3 aromatic carbocycles. The fourth-order valence-electron chi connectivity index (χ4n) is 5.98. The number of anilines is 2. The van der Waals surface area contributed by atoms with Gasteiger partial charge in [-0.25, -0.2) is 13.6 Å². The average molecular weight is 604 g/mol. The lowest BCUT2D eigenvalue weighted by Crippen LogP contribution is -2.47. The largest absolute Gasteiger partial charge is 0.477 e. The molecule has 43 heavy (non-hydrogen) atoms. The Morgan fingerprint density at radius 2 is 1.56 bits per heavy atom. The third-order valence-electron chi connectivity index (χ3n) is 8.25. The highest BCUT2D eigenvalue weighted by atomic mass is 35.5. The van der Waals surface area contributed by atoms with Crippen molar-refractivity contribution in [1.29, 1.82) is 5.26 Å². The quantitative estimate of drug-likeness (QED) is 0.315. The summed E-state index contributed by atoms with van der Waals surface area (Å²) < 4.78 is 32.4. The number of halogens is 3. The monoisotopic (exact) mass is 603 g/mol. The van der Waals surface area contributed by atoms with Gasteiger partial charge in [0.2, 0.25) is 5.43 Å². The van der Waals surface area contributed by atoms with Gasteiger partial charge in [0.25, 0.3) is 0 Å². The van der Waals surface area contributed by atoms with Crippen molar-refractivity contribution < 1.29 is 18.7 Å². The summed E-state index contributed by atoms with van der Waals surface area (Å²) >= 11 is 6.88. The van der Waals surface area contributed by atoms with Crippen LogP contribution in [0.2, 0.25) is 5.02 Å². The summed E-state index contributed by atoms with van der Waals surface area (Å²) in [6, 6.07) is 14.9. The number of aromatic carboxylic acids is 1. The number of benzene rings is 3. The van der Waals surface area contributed by atoms with E-state index in [9.17, 15) is 14.7 Å². The molecule has 0 unspecified atom stereocenters. The van der Waals surface area contributed by atoms with E-state index in [1.165, 1.54) is 10.6 Å². The highest BCUT2D eigenvalue weighted by Gasteiger charge is 2.27. The van der Waals surface area contributed by atoms with Crippen LogP contribution in [0.1, 0.15) is 34.3 Å². The van der Waals surface area contributed by atoms with Gasteiger partial charge in [-0.2, -0.15) is 5.26 Å². The highest BCUT2D eigenvalue weighted by molar-refractivity contribution is 6.38. The first-order valence-corrected chi connectivity index (χ1v) is 14.4. The van der Waals surface area contributed by atoms with E-state index >= 15 is 8.78 Å². The molecular weight excluding hydrogens is 576 g/mol. The maximum absolute atomic E-state index is 15.7. The van der Waals surface area contributed by atoms with Gasteiger partial charge < -0.3 is 19.5 Å². The lowest BCUT2D eigenvalue weighted by molar-refractivity contribution is 0.0695. The van der Waals surface area contributed by atoms with E-state index in [1.54, 1.807) is 29.2 Å². The number of carboxylic acids is 1. The van der Waals surface area contributed by atoms with Crippen LogP contribution in [0, 0.1) is 23.0 Å². The molecule has 2 saturated heterocycles. The number of rotatable bonds is 6. The van der Waals surface area contributed by atoms with Gasteiger partial charge in [0.15, 0.2) is 0 Å². The molecule has 11 heteroatoms. The van der Waals surface area contributed by atoms with E-state index in [0.29, 0.717) is 43.9 Å². The Kier molecular flexibility index (Phi) is 7.77. The molecule has 3 heterocycles. The zero-order valence-corrected chi connectivity index (χ0v) is 23.9. The molecule has 2 aliphatic rings. The highest BCUT2D eigenvalue weighted by Crippen LogP contribution is 2.37. The summed E-state index contributed by atoms with van der Waals surface area (Å²) in [5, 5.41) is 18.6. The minimum atomic E-state index is -1.48. The van der Waals surface area contributed by atoms with Crippen molar-refractivity contribution in [3.8, 4) is 11.8 Å². The van der Waals surface area contributed by atoms with Gasteiger partial charge in [0, 0.05) is 55.9 Å². The molecule has 0 radical (unpaired) electrons. The lowest BCUT2D eigenvalue weighted by atomic mass is 10.1. The van der Waals surface area contributed by atoms with Gasteiger partial charge in [0.1, 0.15) is 17.2 Å². The summed E-state index contributed by atoms with van der Waals surface area (Å²) in [6.45, 7) is 4.20. The van der Waals surface area contributed by atoms with Gasteiger partial charge in [-0.3, -0.25) is 9.69 Å². The molecule has 0 atom stereocenters. The van der Waals surface area contributed by atoms with Crippen molar-refractivity contribution in [2.24, 2.45) is 0 Å². The van der Waals surface area contributed by atoms with Crippen LogP contribution in [-0.2, 0) is 6.54 Å². The van der Waals surface area contributed by atoms with Crippen molar-refractivity contribution >= 4 is 39.8 Å². The lowest BCUT2D eigenvalue weighted by Gasteiger charge is -2.38. The molecule has 0 amide bonds. The number of nitriles is 1.